The molecule has 0 spiro atoms. The zero-order valence-corrected chi connectivity index (χ0v) is 9.67. The van der Waals surface area contributed by atoms with E-state index in [1.54, 1.807) is 0 Å². The van der Waals surface area contributed by atoms with Gasteiger partial charge in [0.05, 0.1) is 0 Å². The molecule has 2 saturated heterocycles. The molecular formula is C12H22N2O. The third kappa shape index (κ3) is 2.71. The fourth-order valence-corrected chi connectivity index (χ4v) is 2.73. The molecule has 3 heteroatoms. The van der Waals surface area contributed by atoms with E-state index in [9.17, 15) is 4.79 Å². The van der Waals surface area contributed by atoms with Gasteiger partial charge in [0.15, 0.2) is 0 Å². The number of carbonyl (C=O) groups excluding carboxylic acids is 1. The van der Waals surface area contributed by atoms with E-state index in [0.717, 1.165) is 32.5 Å². The second-order valence-corrected chi connectivity index (χ2v) is 4.96. The van der Waals surface area contributed by atoms with E-state index in [0.29, 0.717) is 17.9 Å². The van der Waals surface area contributed by atoms with Crippen LogP contribution in [0.1, 0.15) is 39.0 Å². The Labute approximate surface area is 92.2 Å². The van der Waals surface area contributed by atoms with Crippen LogP contribution < -0.4 is 5.32 Å². The molecule has 0 aromatic rings. The molecule has 0 radical (unpaired) electrons. The molecule has 2 rings (SSSR count). The van der Waals surface area contributed by atoms with Crippen molar-refractivity contribution >= 4 is 5.91 Å². The van der Waals surface area contributed by atoms with E-state index < -0.39 is 0 Å². The minimum absolute atomic E-state index is 0.291. The van der Waals surface area contributed by atoms with Gasteiger partial charge in [-0.3, -0.25) is 4.79 Å². The molecule has 15 heavy (non-hydrogen) atoms. The first kappa shape index (κ1) is 10.9. The summed E-state index contributed by atoms with van der Waals surface area (Å²) in [5.74, 6) is 0.711. The fourth-order valence-electron chi connectivity index (χ4n) is 2.73. The number of hydrogen-bond donors (Lipinski definition) is 1. The van der Waals surface area contributed by atoms with Gasteiger partial charge in [-0.1, -0.05) is 0 Å². The predicted octanol–water partition coefficient (Wildman–Crippen LogP) is 1.39. The number of hydrogen-bond acceptors (Lipinski definition) is 2. The Hall–Kier alpha value is -0.570. The van der Waals surface area contributed by atoms with Gasteiger partial charge in [0.2, 0.25) is 5.91 Å². The van der Waals surface area contributed by atoms with E-state index in [4.69, 9.17) is 0 Å². The zero-order chi connectivity index (χ0) is 10.7. The maximum Gasteiger partial charge on any atom is 0.225 e. The van der Waals surface area contributed by atoms with Crippen LogP contribution in [0.3, 0.4) is 0 Å². The van der Waals surface area contributed by atoms with Crippen molar-refractivity contribution in [1.29, 1.82) is 0 Å². The summed E-state index contributed by atoms with van der Waals surface area (Å²) in [6.07, 6.45) is 5.75. The quantitative estimate of drug-likeness (QED) is 0.709. The Kier molecular flexibility index (Phi) is 3.62. The number of likely N-dealkylation sites (tertiary alicyclic amines) is 1. The van der Waals surface area contributed by atoms with Gasteiger partial charge in [0.25, 0.3) is 0 Å². The molecule has 2 atom stereocenters. The van der Waals surface area contributed by atoms with Crippen molar-refractivity contribution in [3.63, 3.8) is 0 Å². The lowest BCUT2D eigenvalue weighted by molar-refractivity contribution is -0.137. The molecule has 2 aliphatic heterocycles. The molecule has 1 N–H and O–H groups in total. The van der Waals surface area contributed by atoms with Crippen molar-refractivity contribution in [3.05, 3.63) is 0 Å². The van der Waals surface area contributed by atoms with Crippen LogP contribution in [0.15, 0.2) is 0 Å². The van der Waals surface area contributed by atoms with Gasteiger partial charge in [-0.25, -0.2) is 0 Å². The highest BCUT2D eigenvalue weighted by molar-refractivity contribution is 5.79. The third-order valence-corrected chi connectivity index (χ3v) is 3.64. The van der Waals surface area contributed by atoms with Crippen molar-refractivity contribution in [1.82, 2.24) is 10.2 Å². The number of nitrogens with zero attached hydrogens (tertiary/aromatic N) is 1. The summed E-state index contributed by atoms with van der Waals surface area (Å²) in [5, 5.41) is 3.40. The molecule has 1 amide bonds. The monoisotopic (exact) mass is 210 g/mol. The minimum Gasteiger partial charge on any atom is -0.342 e. The highest BCUT2D eigenvalue weighted by Crippen LogP contribution is 2.21. The molecule has 2 heterocycles. The maximum absolute atomic E-state index is 12.2. The molecular weight excluding hydrogens is 188 g/mol. The molecule has 2 unspecified atom stereocenters. The Balaban J connectivity index is 1.88. The second kappa shape index (κ2) is 4.97. The third-order valence-electron chi connectivity index (χ3n) is 3.64. The van der Waals surface area contributed by atoms with Crippen molar-refractivity contribution in [2.24, 2.45) is 5.92 Å². The normalized spacial score (nSPS) is 32.7. The maximum atomic E-state index is 12.2. The number of piperidine rings is 2. The van der Waals surface area contributed by atoms with Gasteiger partial charge in [-0.15, -0.1) is 0 Å². The largest absolute Gasteiger partial charge is 0.342 e. The highest BCUT2D eigenvalue weighted by Gasteiger charge is 2.28. The lowest BCUT2D eigenvalue weighted by Gasteiger charge is -2.34. The molecule has 0 bridgehead atoms. The Bertz CT molecular complexity index is 224. The average molecular weight is 210 g/mol. The summed E-state index contributed by atoms with van der Waals surface area (Å²) in [5.41, 5.74) is 0. The van der Waals surface area contributed by atoms with Crippen molar-refractivity contribution in [2.45, 2.75) is 45.1 Å². The van der Waals surface area contributed by atoms with Crippen molar-refractivity contribution in [3.8, 4) is 0 Å². The molecule has 0 aliphatic carbocycles. The fraction of sp³-hybridized carbons (Fsp3) is 0.917. The van der Waals surface area contributed by atoms with Crippen LogP contribution in [-0.4, -0.2) is 36.5 Å². The smallest absolute Gasteiger partial charge is 0.225 e. The molecule has 0 aromatic carbocycles. The first-order valence-electron chi connectivity index (χ1n) is 6.29. The van der Waals surface area contributed by atoms with Crippen LogP contribution in [0.25, 0.3) is 0 Å². The van der Waals surface area contributed by atoms with Crippen LogP contribution in [0.2, 0.25) is 0 Å². The van der Waals surface area contributed by atoms with Gasteiger partial charge >= 0.3 is 0 Å². The summed E-state index contributed by atoms with van der Waals surface area (Å²) < 4.78 is 0. The number of amides is 1. The van der Waals surface area contributed by atoms with Gasteiger partial charge in [-0.2, -0.15) is 0 Å². The molecule has 2 aliphatic rings. The van der Waals surface area contributed by atoms with Gasteiger partial charge in [0.1, 0.15) is 0 Å². The van der Waals surface area contributed by atoms with E-state index in [1.165, 1.54) is 19.3 Å². The van der Waals surface area contributed by atoms with Gasteiger partial charge in [0, 0.05) is 25.0 Å². The summed E-state index contributed by atoms with van der Waals surface area (Å²) >= 11 is 0. The van der Waals surface area contributed by atoms with Crippen LogP contribution in [0, 0.1) is 5.92 Å². The van der Waals surface area contributed by atoms with E-state index in [1.807, 2.05) is 0 Å². The van der Waals surface area contributed by atoms with E-state index >= 15 is 0 Å². The van der Waals surface area contributed by atoms with Crippen LogP contribution >= 0.6 is 0 Å². The van der Waals surface area contributed by atoms with E-state index in [-0.39, 0.29) is 0 Å². The number of nitrogens with one attached hydrogen (secondary N) is 1. The lowest BCUT2D eigenvalue weighted by atomic mass is 9.91. The second-order valence-electron chi connectivity index (χ2n) is 4.96. The summed E-state index contributed by atoms with van der Waals surface area (Å²) in [4.78, 5) is 14.3. The lowest BCUT2D eigenvalue weighted by Crippen LogP contribution is -2.45. The van der Waals surface area contributed by atoms with Crippen molar-refractivity contribution < 1.29 is 4.79 Å². The Morgan fingerprint density at radius 2 is 2.00 bits per heavy atom. The average Bonchev–Trinajstić information content (AvgIpc) is 2.29. The molecule has 0 saturated carbocycles. The Morgan fingerprint density at radius 3 is 2.67 bits per heavy atom. The SMILES string of the molecule is CC1CC(C(=O)N2CCCCC2)CCN1. The molecule has 86 valence electrons. The Morgan fingerprint density at radius 1 is 1.27 bits per heavy atom. The summed E-state index contributed by atoms with van der Waals surface area (Å²) in [6.45, 7) is 5.18. The summed E-state index contributed by atoms with van der Waals surface area (Å²) in [6, 6.07) is 0.512. The van der Waals surface area contributed by atoms with Crippen molar-refractivity contribution in [2.75, 3.05) is 19.6 Å². The zero-order valence-electron chi connectivity index (χ0n) is 9.67. The first-order valence-corrected chi connectivity index (χ1v) is 6.29. The molecule has 2 fully saturated rings. The summed E-state index contributed by atoms with van der Waals surface area (Å²) in [7, 11) is 0. The number of rotatable bonds is 1. The topological polar surface area (TPSA) is 32.3 Å². The van der Waals surface area contributed by atoms with Crippen LogP contribution in [0.5, 0.6) is 0 Å². The minimum atomic E-state index is 0.291. The van der Waals surface area contributed by atoms with E-state index in [2.05, 4.69) is 17.1 Å². The molecule has 0 aromatic heterocycles. The molecule has 3 nitrogen and oxygen atoms in total. The van der Waals surface area contributed by atoms with Crippen LogP contribution in [0.4, 0.5) is 0 Å². The number of carbonyl (C=O) groups is 1. The van der Waals surface area contributed by atoms with Gasteiger partial charge < -0.3 is 10.2 Å². The predicted molar refractivity (Wildman–Crippen MR) is 60.6 cm³/mol. The van der Waals surface area contributed by atoms with Gasteiger partial charge in [-0.05, 0) is 45.6 Å². The van der Waals surface area contributed by atoms with Crippen LogP contribution in [-0.2, 0) is 4.79 Å². The first-order chi connectivity index (χ1) is 7.27. The highest BCUT2D eigenvalue weighted by atomic mass is 16.2. The standard InChI is InChI=1S/C12H22N2O/c1-10-9-11(5-6-13-10)12(15)14-7-3-2-4-8-14/h10-11,13H,2-9H2,1H3.